The smallest absolute Gasteiger partial charge is 0.290 e. The Bertz CT molecular complexity index is 209. The molecule has 5 heteroatoms. The molecule has 1 aromatic heterocycles. The molecule has 0 unspecified atom stereocenters. The largest absolute Gasteiger partial charge is 0.483 e. The van der Waals surface area contributed by atoms with Crippen LogP contribution in [-0.2, 0) is 4.79 Å². The van der Waals surface area contributed by atoms with Crippen LogP contribution >= 0.6 is 11.6 Å². The molecule has 0 saturated heterocycles. The molecular formula is C6H7ClN2O2. The van der Waals surface area contributed by atoms with Crippen molar-refractivity contribution in [2.24, 2.45) is 0 Å². The zero-order valence-electron chi connectivity index (χ0n) is 5.57. The fourth-order valence-corrected chi connectivity index (χ4v) is 0.505. The van der Waals surface area contributed by atoms with Gasteiger partial charge in [-0.2, -0.15) is 0 Å². The fraction of sp³-hybridized carbons (Fsp3) is 0. The van der Waals surface area contributed by atoms with Gasteiger partial charge >= 0.3 is 0 Å². The van der Waals surface area contributed by atoms with Gasteiger partial charge in [-0.05, 0) is 6.07 Å². The molecule has 1 aromatic rings. The number of halogens is 1. The zero-order chi connectivity index (χ0) is 8.69. The Balaban J connectivity index is 0.000000292. The summed E-state index contributed by atoms with van der Waals surface area (Å²) in [6, 6.07) is 1.66. The molecule has 60 valence electrons. The third-order valence-corrected chi connectivity index (χ3v) is 1.12. The highest BCUT2D eigenvalue weighted by Gasteiger charge is 1.88. The molecule has 0 aliphatic heterocycles. The number of nitrogens with zero attached hydrogens (tertiary/aromatic N) is 1. The van der Waals surface area contributed by atoms with Crippen LogP contribution in [0.15, 0.2) is 18.5 Å². The summed E-state index contributed by atoms with van der Waals surface area (Å²) in [5, 5.41) is 7.40. The number of hydrogen-bond donors (Lipinski definition) is 2. The van der Waals surface area contributed by atoms with Crippen molar-refractivity contribution in [2.75, 3.05) is 5.73 Å². The number of hydrogen-bond acceptors (Lipinski definition) is 3. The summed E-state index contributed by atoms with van der Waals surface area (Å²) in [6.07, 6.45) is 3.11. The molecule has 1 rings (SSSR count). The van der Waals surface area contributed by atoms with Crippen LogP contribution in [0, 0.1) is 0 Å². The van der Waals surface area contributed by atoms with E-state index in [4.69, 9.17) is 27.2 Å². The van der Waals surface area contributed by atoms with Gasteiger partial charge in [0.05, 0.1) is 10.7 Å². The van der Waals surface area contributed by atoms with Crippen LogP contribution in [0.25, 0.3) is 0 Å². The number of rotatable bonds is 0. The van der Waals surface area contributed by atoms with Gasteiger partial charge in [0.15, 0.2) is 0 Å². The number of nitrogens with two attached hydrogens (primary N) is 1. The first-order valence-electron chi connectivity index (χ1n) is 2.65. The van der Waals surface area contributed by atoms with Crippen molar-refractivity contribution >= 4 is 23.8 Å². The molecule has 11 heavy (non-hydrogen) atoms. The lowest BCUT2D eigenvalue weighted by atomic mass is 10.4. The third-order valence-electron chi connectivity index (χ3n) is 0.804. The van der Waals surface area contributed by atoms with Crippen molar-refractivity contribution < 1.29 is 9.90 Å². The molecule has 0 saturated carbocycles. The summed E-state index contributed by atoms with van der Waals surface area (Å²) < 4.78 is 0. The van der Waals surface area contributed by atoms with Gasteiger partial charge in [-0.1, -0.05) is 11.6 Å². The van der Waals surface area contributed by atoms with Crippen molar-refractivity contribution in [1.29, 1.82) is 0 Å². The summed E-state index contributed by atoms with van der Waals surface area (Å²) in [5.41, 5.74) is 5.92. The number of aromatic nitrogens is 1. The lowest BCUT2D eigenvalue weighted by Crippen LogP contribution is -1.84. The van der Waals surface area contributed by atoms with Crippen LogP contribution in [0.1, 0.15) is 0 Å². The second-order valence-electron chi connectivity index (χ2n) is 1.50. The number of carbonyl (C=O) groups is 1. The first kappa shape index (κ1) is 9.71. The van der Waals surface area contributed by atoms with E-state index in [2.05, 4.69) is 4.98 Å². The van der Waals surface area contributed by atoms with E-state index in [1.807, 2.05) is 0 Å². The first-order chi connectivity index (χ1) is 5.22. The predicted octanol–water partition coefficient (Wildman–Crippen LogP) is 1.02. The van der Waals surface area contributed by atoms with Gasteiger partial charge in [0.2, 0.25) is 0 Å². The van der Waals surface area contributed by atoms with Crippen molar-refractivity contribution in [1.82, 2.24) is 4.98 Å². The van der Waals surface area contributed by atoms with E-state index in [0.29, 0.717) is 10.7 Å². The van der Waals surface area contributed by atoms with Gasteiger partial charge in [0.1, 0.15) is 0 Å². The molecule has 0 radical (unpaired) electrons. The Morgan fingerprint density at radius 1 is 1.73 bits per heavy atom. The van der Waals surface area contributed by atoms with Crippen LogP contribution in [0.3, 0.4) is 0 Å². The van der Waals surface area contributed by atoms with E-state index in [0.717, 1.165) is 0 Å². The number of anilines is 1. The van der Waals surface area contributed by atoms with Crippen molar-refractivity contribution in [3.05, 3.63) is 23.5 Å². The molecule has 1 heterocycles. The van der Waals surface area contributed by atoms with Gasteiger partial charge < -0.3 is 10.8 Å². The molecular weight excluding hydrogens is 168 g/mol. The van der Waals surface area contributed by atoms with Crippen molar-refractivity contribution in [2.45, 2.75) is 0 Å². The Kier molecular flexibility index (Phi) is 4.85. The van der Waals surface area contributed by atoms with Crippen molar-refractivity contribution in [3.63, 3.8) is 0 Å². The Hall–Kier alpha value is -1.29. The van der Waals surface area contributed by atoms with E-state index >= 15 is 0 Å². The Morgan fingerprint density at radius 2 is 2.27 bits per heavy atom. The maximum atomic E-state index is 8.36. The second-order valence-corrected chi connectivity index (χ2v) is 1.91. The van der Waals surface area contributed by atoms with E-state index in [9.17, 15) is 0 Å². The molecule has 0 aromatic carbocycles. The van der Waals surface area contributed by atoms with Gasteiger partial charge in [-0.3, -0.25) is 9.78 Å². The molecule has 0 bridgehead atoms. The lowest BCUT2D eigenvalue weighted by Gasteiger charge is -1.90. The van der Waals surface area contributed by atoms with Crippen LogP contribution in [0.5, 0.6) is 0 Å². The molecule has 4 nitrogen and oxygen atoms in total. The molecule has 0 fully saturated rings. The van der Waals surface area contributed by atoms with Crippen molar-refractivity contribution in [3.8, 4) is 0 Å². The molecule has 0 aliphatic carbocycles. The topological polar surface area (TPSA) is 76.2 Å². The highest BCUT2D eigenvalue weighted by molar-refractivity contribution is 6.32. The minimum atomic E-state index is -0.250. The SMILES string of the molecule is Nc1ccncc1Cl.O=CO. The first-order valence-corrected chi connectivity index (χ1v) is 3.03. The van der Waals surface area contributed by atoms with Crippen LogP contribution in [0.4, 0.5) is 5.69 Å². The van der Waals surface area contributed by atoms with Gasteiger partial charge in [0.25, 0.3) is 6.47 Å². The summed E-state index contributed by atoms with van der Waals surface area (Å²) in [5.74, 6) is 0. The summed E-state index contributed by atoms with van der Waals surface area (Å²) in [7, 11) is 0. The van der Waals surface area contributed by atoms with E-state index < -0.39 is 0 Å². The molecule has 3 N–H and O–H groups in total. The molecule has 0 amide bonds. The normalized spacial score (nSPS) is 7.73. The summed E-state index contributed by atoms with van der Waals surface area (Å²) in [4.78, 5) is 12.1. The van der Waals surface area contributed by atoms with E-state index in [1.54, 1.807) is 12.3 Å². The highest BCUT2D eigenvalue weighted by Crippen LogP contribution is 2.13. The quantitative estimate of drug-likeness (QED) is 0.576. The summed E-state index contributed by atoms with van der Waals surface area (Å²) >= 11 is 5.52. The zero-order valence-corrected chi connectivity index (χ0v) is 6.32. The van der Waals surface area contributed by atoms with Gasteiger partial charge in [-0.15, -0.1) is 0 Å². The average Bonchev–Trinajstić information content (AvgIpc) is 1.97. The standard InChI is InChI=1S/C5H5ClN2.CH2O2/c6-4-3-8-2-1-5(4)7;2-1-3/h1-3H,(H2,7,8);1H,(H,2,3). The van der Waals surface area contributed by atoms with Crippen LogP contribution in [0.2, 0.25) is 5.02 Å². The summed E-state index contributed by atoms with van der Waals surface area (Å²) in [6.45, 7) is -0.250. The number of nitrogen functional groups attached to an aromatic ring is 1. The predicted molar refractivity (Wildman–Crippen MR) is 42.4 cm³/mol. The van der Waals surface area contributed by atoms with Gasteiger partial charge in [0, 0.05) is 12.4 Å². The van der Waals surface area contributed by atoms with E-state index in [-0.39, 0.29) is 6.47 Å². The van der Waals surface area contributed by atoms with E-state index in [1.165, 1.54) is 6.20 Å². The highest BCUT2D eigenvalue weighted by atomic mass is 35.5. The number of carboxylic acid groups (broad SMARTS) is 1. The minimum Gasteiger partial charge on any atom is -0.483 e. The molecule has 0 atom stereocenters. The maximum absolute atomic E-state index is 8.36. The Labute approximate surface area is 68.6 Å². The molecule has 0 aliphatic rings. The molecule has 0 spiro atoms. The average molecular weight is 175 g/mol. The fourth-order valence-electron chi connectivity index (χ4n) is 0.386. The van der Waals surface area contributed by atoms with Crippen LogP contribution in [-0.4, -0.2) is 16.6 Å². The monoisotopic (exact) mass is 174 g/mol. The third kappa shape index (κ3) is 4.16. The minimum absolute atomic E-state index is 0.250. The van der Waals surface area contributed by atoms with Crippen LogP contribution < -0.4 is 5.73 Å². The number of pyridine rings is 1. The Morgan fingerprint density at radius 3 is 2.55 bits per heavy atom. The maximum Gasteiger partial charge on any atom is 0.290 e. The second kappa shape index (κ2) is 5.49. The lowest BCUT2D eigenvalue weighted by molar-refractivity contribution is -0.122. The van der Waals surface area contributed by atoms with Gasteiger partial charge in [-0.25, -0.2) is 0 Å².